The number of benzene rings is 1. The molecule has 9 heteroatoms. The summed E-state index contributed by atoms with van der Waals surface area (Å²) in [7, 11) is 0. The molecule has 1 aromatic carbocycles. The van der Waals surface area contributed by atoms with Crippen LogP contribution in [0.4, 0.5) is 4.79 Å². The largest absolute Gasteiger partial charge is 0.352 e. The van der Waals surface area contributed by atoms with Crippen LogP contribution in [0.25, 0.3) is 5.82 Å². The van der Waals surface area contributed by atoms with Crippen molar-refractivity contribution in [2.75, 3.05) is 6.54 Å². The summed E-state index contributed by atoms with van der Waals surface area (Å²) in [5.74, 6) is 0.477. The SMILES string of the molecule is O=C(CCNC(=O)NCc1cccnc1-n1cncn1)NCc1ccccc1. The number of aromatic nitrogens is 4. The van der Waals surface area contributed by atoms with Gasteiger partial charge in [-0.15, -0.1) is 0 Å². The Labute approximate surface area is 162 Å². The van der Waals surface area contributed by atoms with Gasteiger partial charge in [0.1, 0.15) is 12.7 Å². The molecule has 0 radical (unpaired) electrons. The topological polar surface area (TPSA) is 114 Å². The fraction of sp³-hybridized carbons (Fsp3) is 0.211. The first kappa shape index (κ1) is 19.0. The second kappa shape index (κ2) is 9.81. The average Bonchev–Trinajstić information content (AvgIpc) is 3.26. The zero-order chi connectivity index (χ0) is 19.6. The van der Waals surface area contributed by atoms with E-state index in [1.807, 2.05) is 36.4 Å². The Balaban J connectivity index is 1.38. The van der Waals surface area contributed by atoms with E-state index < -0.39 is 0 Å². The standard InChI is InChI=1S/C19H21N7O2/c27-17(23-11-15-5-2-1-3-6-15)8-10-22-19(28)24-12-16-7-4-9-21-18(16)26-14-20-13-25-26/h1-7,9,13-14H,8,10-12H2,(H,23,27)(H2,22,24,28). The lowest BCUT2D eigenvalue weighted by Gasteiger charge is -2.10. The minimum Gasteiger partial charge on any atom is -0.352 e. The number of rotatable bonds is 8. The number of hydrogen-bond acceptors (Lipinski definition) is 5. The molecule has 3 rings (SSSR count). The highest BCUT2D eigenvalue weighted by Crippen LogP contribution is 2.08. The monoisotopic (exact) mass is 379 g/mol. The van der Waals surface area contributed by atoms with E-state index in [1.54, 1.807) is 18.6 Å². The number of pyridine rings is 1. The lowest BCUT2D eigenvalue weighted by molar-refractivity contribution is -0.121. The van der Waals surface area contributed by atoms with E-state index in [0.29, 0.717) is 12.4 Å². The third-order valence-electron chi connectivity index (χ3n) is 3.91. The Bertz CT molecular complexity index is 898. The van der Waals surface area contributed by atoms with E-state index in [-0.39, 0.29) is 31.4 Å². The Kier molecular flexibility index (Phi) is 6.67. The molecule has 0 aliphatic rings. The van der Waals surface area contributed by atoms with E-state index in [2.05, 4.69) is 31.0 Å². The van der Waals surface area contributed by atoms with Gasteiger partial charge in [-0.1, -0.05) is 36.4 Å². The highest BCUT2D eigenvalue weighted by atomic mass is 16.2. The van der Waals surface area contributed by atoms with Gasteiger partial charge in [-0.3, -0.25) is 4.79 Å². The fourth-order valence-electron chi connectivity index (χ4n) is 2.50. The van der Waals surface area contributed by atoms with Gasteiger partial charge in [0.2, 0.25) is 5.91 Å². The molecule has 0 atom stereocenters. The number of nitrogens with zero attached hydrogens (tertiary/aromatic N) is 4. The minimum atomic E-state index is -0.357. The molecule has 0 unspecified atom stereocenters. The van der Waals surface area contributed by atoms with Crippen LogP contribution < -0.4 is 16.0 Å². The van der Waals surface area contributed by atoms with E-state index in [0.717, 1.165) is 11.1 Å². The Morgan fingerprint density at radius 2 is 1.82 bits per heavy atom. The van der Waals surface area contributed by atoms with Gasteiger partial charge in [0.05, 0.1) is 0 Å². The Morgan fingerprint density at radius 3 is 2.61 bits per heavy atom. The van der Waals surface area contributed by atoms with Gasteiger partial charge < -0.3 is 16.0 Å². The third-order valence-corrected chi connectivity index (χ3v) is 3.91. The molecule has 144 valence electrons. The molecule has 0 spiro atoms. The smallest absolute Gasteiger partial charge is 0.315 e. The van der Waals surface area contributed by atoms with Crippen molar-refractivity contribution in [3.63, 3.8) is 0 Å². The summed E-state index contributed by atoms with van der Waals surface area (Å²) in [4.78, 5) is 32.0. The molecule has 2 aromatic heterocycles. The normalized spacial score (nSPS) is 10.3. The second-order valence-corrected chi connectivity index (χ2v) is 5.95. The summed E-state index contributed by atoms with van der Waals surface area (Å²) in [5, 5.41) is 12.3. The van der Waals surface area contributed by atoms with E-state index in [9.17, 15) is 9.59 Å². The van der Waals surface area contributed by atoms with Crippen molar-refractivity contribution in [1.29, 1.82) is 0 Å². The molecule has 0 saturated heterocycles. The Morgan fingerprint density at radius 1 is 0.964 bits per heavy atom. The van der Waals surface area contributed by atoms with Crippen molar-refractivity contribution >= 4 is 11.9 Å². The summed E-state index contributed by atoms with van der Waals surface area (Å²) in [6.45, 7) is 0.989. The van der Waals surface area contributed by atoms with Gasteiger partial charge in [-0.2, -0.15) is 5.10 Å². The summed E-state index contributed by atoms with van der Waals surface area (Å²) >= 11 is 0. The van der Waals surface area contributed by atoms with Crippen LogP contribution in [0.1, 0.15) is 17.5 Å². The maximum Gasteiger partial charge on any atom is 0.315 e. The molecule has 0 fully saturated rings. The number of urea groups is 1. The van der Waals surface area contributed by atoms with Gasteiger partial charge in [0.25, 0.3) is 0 Å². The van der Waals surface area contributed by atoms with Gasteiger partial charge in [-0.25, -0.2) is 19.4 Å². The molecule has 3 aromatic rings. The number of amides is 3. The molecule has 3 N–H and O–H groups in total. The maximum absolute atomic E-state index is 12.0. The van der Waals surface area contributed by atoms with E-state index in [4.69, 9.17) is 0 Å². The van der Waals surface area contributed by atoms with Gasteiger partial charge >= 0.3 is 6.03 Å². The van der Waals surface area contributed by atoms with Crippen LogP contribution in [0.2, 0.25) is 0 Å². The predicted octanol–water partition coefficient (Wildman–Crippen LogP) is 1.17. The van der Waals surface area contributed by atoms with E-state index in [1.165, 1.54) is 11.0 Å². The van der Waals surface area contributed by atoms with Crippen molar-refractivity contribution in [3.8, 4) is 5.82 Å². The maximum atomic E-state index is 12.0. The minimum absolute atomic E-state index is 0.120. The van der Waals surface area contributed by atoms with Crippen molar-refractivity contribution in [1.82, 2.24) is 35.7 Å². The first-order chi connectivity index (χ1) is 13.7. The lowest BCUT2D eigenvalue weighted by atomic mass is 10.2. The van der Waals surface area contributed by atoms with Gasteiger partial charge in [-0.05, 0) is 11.6 Å². The molecular weight excluding hydrogens is 358 g/mol. The summed E-state index contributed by atoms with van der Waals surface area (Å²) in [6, 6.07) is 12.9. The van der Waals surface area contributed by atoms with Crippen molar-refractivity contribution in [2.45, 2.75) is 19.5 Å². The quantitative estimate of drug-likeness (QED) is 0.544. The Hall–Kier alpha value is -3.75. The van der Waals surface area contributed by atoms with Crippen LogP contribution in [0.15, 0.2) is 61.3 Å². The number of carbonyl (C=O) groups excluding carboxylic acids is 2. The molecule has 28 heavy (non-hydrogen) atoms. The average molecular weight is 379 g/mol. The van der Waals surface area contributed by atoms with Crippen LogP contribution in [-0.2, 0) is 17.9 Å². The number of carbonyl (C=O) groups is 2. The van der Waals surface area contributed by atoms with Gasteiger partial charge in [0, 0.05) is 37.8 Å². The summed E-state index contributed by atoms with van der Waals surface area (Å²) < 4.78 is 1.53. The fourth-order valence-corrected chi connectivity index (χ4v) is 2.50. The molecule has 0 saturated carbocycles. The predicted molar refractivity (Wildman–Crippen MR) is 102 cm³/mol. The van der Waals surface area contributed by atoms with Crippen LogP contribution in [0, 0.1) is 0 Å². The molecular formula is C19H21N7O2. The lowest BCUT2D eigenvalue weighted by Crippen LogP contribution is -2.37. The highest BCUT2D eigenvalue weighted by Gasteiger charge is 2.08. The first-order valence-electron chi connectivity index (χ1n) is 8.83. The van der Waals surface area contributed by atoms with Crippen LogP contribution in [0.3, 0.4) is 0 Å². The number of hydrogen-bond donors (Lipinski definition) is 3. The summed E-state index contributed by atoms with van der Waals surface area (Å²) in [5.41, 5.74) is 1.82. The molecule has 2 heterocycles. The first-order valence-corrected chi connectivity index (χ1v) is 8.83. The van der Waals surface area contributed by atoms with Crippen LogP contribution in [0.5, 0.6) is 0 Å². The van der Waals surface area contributed by atoms with Crippen LogP contribution in [-0.4, -0.2) is 38.2 Å². The van der Waals surface area contributed by atoms with Gasteiger partial charge in [0.15, 0.2) is 5.82 Å². The highest BCUT2D eigenvalue weighted by molar-refractivity contribution is 5.78. The van der Waals surface area contributed by atoms with Crippen molar-refractivity contribution in [2.24, 2.45) is 0 Å². The zero-order valence-electron chi connectivity index (χ0n) is 15.2. The van der Waals surface area contributed by atoms with E-state index >= 15 is 0 Å². The third kappa shape index (κ3) is 5.63. The van der Waals surface area contributed by atoms with Crippen LogP contribution >= 0.6 is 0 Å². The molecule has 0 aliphatic carbocycles. The summed E-state index contributed by atoms with van der Waals surface area (Å²) in [6.07, 6.45) is 4.81. The van der Waals surface area contributed by atoms with Crippen molar-refractivity contribution in [3.05, 3.63) is 72.4 Å². The molecule has 0 bridgehead atoms. The zero-order valence-corrected chi connectivity index (χ0v) is 15.2. The second-order valence-electron chi connectivity index (χ2n) is 5.95. The number of nitrogens with one attached hydrogen (secondary N) is 3. The molecule has 0 aliphatic heterocycles. The molecule has 3 amide bonds. The molecule has 9 nitrogen and oxygen atoms in total. The van der Waals surface area contributed by atoms with Crippen molar-refractivity contribution < 1.29 is 9.59 Å².